The second-order valence-electron chi connectivity index (χ2n) is 7.84. The van der Waals surface area contributed by atoms with Gasteiger partial charge in [-0.2, -0.15) is 8.78 Å². The number of aliphatic imine (C=N–C) groups is 1. The second-order valence-corrected chi connectivity index (χ2v) is 7.84. The van der Waals surface area contributed by atoms with Crippen molar-refractivity contribution in [2.45, 2.75) is 37.8 Å². The number of hydrogen-bond acceptors (Lipinski definition) is 4. The number of pyridine rings is 1. The average molecular weight is 405 g/mol. The summed E-state index contributed by atoms with van der Waals surface area (Å²) in [5.41, 5.74) is 10.3. The minimum Gasteiger partial charge on any atom is -0.434 e. The predicted octanol–water partition coefficient (Wildman–Crippen LogP) is 4.88. The van der Waals surface area contributed by atoms with Gasteiger partial charge in [0.15, 0.2) is 0 Å². The summed E-state index contributed by atoms with van der Waals surface area (Å²) in [5.74, 6) is 0.870. The van der Waals surface area contributed by atoms with E-state index in [1.165, 1.54) is 0 Å². The van der Waals surface area contributed by atoms with Crippen LogP contribution in [0.15, 0.2) is 65.8 Å². The fourth-order valence-electron chi connectivity index (χ4n) is 4.44. The summed E-state index contributed by atoms with van der Waals surface area (Å²) in [6.45, 7) is -1.06. The summed E-state index contributed by atoms with van der Waals surface area (Å²) in [7, 11) is 0. The number of rotatable bonds is 5. The molecule has 1 fully saturated rings. The zero-order valence-corrected chi connectivity index (χ0v) is 16.5. The number of alkyl halides is 2. The molecule has 2 aromatic carbocycles. The highest BCUT2D eigenvalue weighted by Gasteiger charge is 2.44. The molecule has 2 heterocycles. The number of nitrogens with zero attached hydrogens (tertiary/aromatic N) is 2. The smallest absolute Gasteiger partial charge is 0.387 e. The van der Waals surface area contributed by atoms with Crippen LogP contribution in [0.2, 0.25) is 0 Å². The molecule has 0 bridgehead atoms. The maximum Gasteiger partial charge on any atom is 0.387 e. The van der Waals surface area contributed by atoms with Crippen LogP contribution in [0.5, 0.6) is 5.75 Å². The molecule has 1 aromatic heterocycles. The van der Waals surface area contributed by atoms with Gasteiger partial charge in [0.2, 0.25) is 0 Å². The van der Waals surface area contributed by atoms with Crippen molar-refractivity contribution in [3.8, 4) is 5.75 Å². The van der Waals surface area contributed by atoms with E-state index in [-0.39, 0.29) is 11.7 Å². The molecule has 5 rings (SSSR count). The van der Waals surface area contributed by atoms with Crippen LogP contribution in [0, 0.1) is 6.92 Å². The Labute approximate surface area is 173 Å². The number of aromatic nitrogens is 1. The van der Waals surface area contributed by atoms with E-state index < -0.39 is 12.2 Å². The molecule has 0 saturated heterocycles. The van der Waals surface area contributed by atoms with E-state index in [0.717, 1.165) is 35.1 Å². The zero-order chi connectivity index (χ0) is 20.9. The van der Waals surface area contributed by atoms with Crippen molar-refractivity contribution in [2.75, 3.05) is 0 Å². The zero-order valence-electron chi connectivity index (χ0n) is 16.5. The standard InChI is InChI=1S/C24H21F2N3O/c1-14-12-17(13-18(15-9-10-15)21(14)30-23(25)26)24(16-6-3-2-4-7-16)19-8-5-11-28-20(19)22(27)29-24/h2-8,11-13,15,23H,9-10H2,1H3,(H2,27,29). The molecule has 152 valence electrons. The van der Waals surface area contributed by atoms with Gasteiger partial charge in [0, 0.05) is 11.8 Å². The fourth-order valence-corrected chi connectivity index (χ4v) is 4.44. The lowest BCUT2D eigenvalue weighted by atomic mass is 9.77. The summed E-state index contributed by atoms with van der Waals surface area (Å²) < 4.78 is 31.1. The van der Waals surface area contributed by atoms with Gasteiger partial charge in [-0.15, -0.1) is 0 Å². The molecule has 6 heteroatoms. The normalized spacial score (nSPS) is 20.2. The molecule has 3 aromatic rings. The summed E-state index contributed by atoms with van der Waals surface area (Å²) in [5, 5.41) is 0. The summed E-state index contributed by atoms with van der Waals surface area (Å²) in [6, 6.07) is 17.6. The van der Waals surface area contributed by atoms with Gasteiger partial charge in [0.1, 0.15) is 22.8 Å². The summed E-state index contributed by atoms with van der Waals surface area (Å²) in [6.07, 6.45) is 3.62. The van der Waals surface area contributed by atoms with E-state index in [2.05, 4.69) is 4.98 Å². The molecule has 0 radical (unpaired) electrons. The number of amidine groups is 1. The maximum atomic E-state index is 13.1. The minimum absolute atomic E-state index is 0.223. The summed E-state index contributed by atoms with van der Waals surface area (Å²) in [4.78, 5) is 9.38. The molecule has 1 aliphatic heterocycles. The van der Waals surface area contributed by atoms with Crippen LogP contribution in [0.4, 0.5) is 8.78 Å². The molecule has 1 saturated carbocycles. The highest BCUT2D eigenvalue weighted by atomic mass is 19.3. The van der Waals surface area contributed by atoms with Gasteiger partial charge < -0.3 is 10.5 Å². The second kappa shape index (κ2) is 6.90. The monoisotopic (exact) mass is 405 g/mol. The van der Waals surface area contributed by atoms with Gasteiger partial charge >= 0.3 is 6.61 Å². The largest absolute Gasteiger partial charge is 0.434 e. The first-order valence-corrected chi connectivity index (χ1v) is 9.97. The SMILES string of the molecule is Cc1cc(C2(c3ccccc3)N=C(N)c3ncccc32)cc(C2CC2)c1OC(F)F. The quantitative estimate of drug-likeness (QED) is 0.658. The molecular weight excluding hydrogens is 384 g/mol. The molecule has 1 atom stereocenters. The molecule has 1 aliphatic carbocycles. The van der Waals surface area contributed by atoms with Crippen molar-refractivity contribution in [1.29, 1.82) is 0 Å². The van der Waals surface area contributed by atoms with Gasteiger partial charge in [-0.25, -0.2) is 4.99 Å². The third kappa shape index (κ3) is 2.86. The third-order valence-electron chi connectivity index (χ3n) is 5.87. The van der Waals surface area contributed by atoms with Crippen LogP contribution in [0.1, 0.15) is 52.3 Å². The van der Waals surface area contributed by atoms with Crippen molar-refractivity contribution in [3.63, 3.8) is 0 Å². The van der Waals surface area contributed by atoms with E-state index in [9.17, 15) is 8.78 Å². The Bertz CT molecular complexity index is 1140. The van der Waals surface area contributed by atoms with E-state index >= 15 is 0 Å². The van der Waals surface area contributed by atoms with Crippen molar-refractivity contribution in [3.05, 3.63) is 94.3 Å². The Morgan fingerprint density at radius 3 is 2.53 bits per heavy atom. The number of nitrogens with two attached hydrogens (primary N) is 1. The number of benzene rings is 2. The van der Waals surface area contributed by atoms with Crippen molar-refractivity contribution >= 4 is 5.84 Å². The molecule has 1 unspecified atom stereocenters. The predicted molar refractivity (Wildman–Crippen MR) is 111 cm³/mol. The molecule has 0 amide bonds. The molecule has 2 aliphatic rings. The van der Waals surface area contributed by atoms with Crippen molar-refractivity contribution in [1.82, 2.24) is 4.98 Å². The van der Waals surface area contributed by atoms with Crippen LogP contribution in [0.3, 0.4) is 0 Å². The van der Waals surface area contributed by atoms with Gasteiger partial charge in [-0.1, -0.05) is 36.4 Å². The van der Waals surface area contributed by atoms with E-state index in [4.69, 9.17) is 15.5 Å². The number of ether oxygens (including phenoxy) is 1. The Morgan fingerprint density at radius 2 is 1.83 bits per heavy atom. The first kappa shape index (κ1) is 18.7. The van der Waals surface area contributed by atoms with Crippen molar-refractivity contribution < 1.29 is 13.5 Å². The molecular formula is C24H21F2N3O. The first-order chi connectivity index (χ1) is 14.5. The lowest BCUT2D eigenvalue weighted by Gasteiger charge is -2.30. The van der Waals surface area contributed by atoms with Crippen LogP contribution >= 0.6 is 0 Å². The van der Waals surface area contributed by atoms with Gasteiger partial charge in [-0.05, 0) is 66.1 Å². The highest BCUT2D eigenvalue weighted by Crippen LogP contribution is 2.51. The van der Waals surface area contributed by atoms with Gasteiger partial charge in [0.25, 0.3) is 0 Å². The molecule has 2 N–H and O–H groups in total. The Kier molecular flexibility index (Phi) is 4.31. The molecule has 4 nitrogen and oxygen atoms in total. The van der Waals surface area contributed by atoms with Gasteiger partial charge in [0.05, 0.1) is 0 Å². The number of fused-ring (bicyclic) bond motifs is 1. The number of halogens is 2. The number of hydrogen-bond donors (Lipinski definition) is 1. The fraction of sp³-hybridized carbons (Fsp3) is 0.250. The third-order valence-corrected chi connectivity index (χ3v) is 5.87. The topological polar surface area (TPSA) is 60.5 Å². The minimum atomic E-state index is -2.86. The van der Waals surface area contributed by atoms with Crippen LogP contribution in [0.25, 0.3) is 0 Å². The Balaban J connectivity index is 1.79. The average Bonchev–Trinajstić information content (AvgIpc) is 3.54. The first-order valence-electron chi connectivity index (χ1n) is 9.97. The lowest BCUT2D eigenvalue weighted by Crippen LogP contribution is -2.26. The summed E-state index contributed by atoms with van der Waals surface area (Å²) >= 11 is 0. The lowest BCUT2D eigenvalue weighted by molar-refractivity contribution is -0.0509. The van der Waals surface area contributed by atoms with Crippen molar-refractivity contribution in [2.24, 2.45) is 10.7 Å². The van der Waals surface area contributed by atoms with Crippen LogP contribution < -0.4 is 10.5 Å². The Morgan fingerprint density at radius 1 is 1.07 bits per heavy atom. The van der Waals surface area contributed by atoms with E-state index in [1.807, 2.05) is 54.6 Å². The molecule has 0 spiro atoms. The van der Waals surface area contributed by atoms with Crippen LogP contribution in [-0.2, 0) is 5.54 Å². The highest BCUT2D eigenvalue weighted by molar-refractivity contribution is 6.01. The van der Waals surface area contributed by atoms with Gasteiger partial charge in [-0.3, -0.25) is 4.98 Å². The molecule has 30 heavy (non-hydrogen) atoms. The van der Waals surface area contributed by atoms with Crippen LogP contribution in [-0.4, -0.2) is 17.4 Å². The Hall–Kier alpha value is -3.28. The van der Waals surface area contributed by atoms with E-state index in [0.29, 0.717) is 17.1 Å². The maximum absolute atomic E-state index is 13.1. The number of aryl methyl sites for hydroxylation is 1. The van der Waals surface area contributed by atoms with E-state index in [1.54, 1.807) is 13.1 Å².